The standard InChI is InChI=1S/C12H15BrN2O3/c1-9(16)14-15-12(17)3-2-8-18-11-6-4-10(13)5-7-11/h4-7H,2-3,8H2,1H3,(H,14,16)(H,15,17). The van der Waals surface area contributed by atoms with Crippen LogP contribution in [0.1, 0.15) is 19.8 Å². The average Bonchev–Trinajstić information content (AvgIpc) is 2.34. The van der Waals surface area contributed by atoms with Crippen molar-refractivity contribution in [2.75, 3.05) is 6.61 Å². The maximum Gasteiger partial charge on any atom is 0.238 e. The van der Waals surface area contributed by atoms with Gasteiger partial charge >= 0.3 is 0 Å². The molecule has 0 spiro atoms. The molecule has 98 valence electrons. The fourth-order valence-corrected chi connectivity index (χ4v) is 1.44. The van der Waals surface area contributed by atoms with E-state index < -0.39 is 0 Å². The van der Waals surface area contributed by atoms with E-state index in [4.69, 9.17) is 4.74 Å². The first kappa shape index (κ1) is 14.5. The zero-order valence-corrected chi connectivity index (χ0v) is 11.6. The van der Waals surface area contributed by atoms with Gasteiger partial charge in [0.1, 0.15) is 5.75 Å². The summed E-state index contributed by atoms with van der Waals surface area (Å²) in [5, 5.41) is 0. The minimum atomic E-state index is -0.297. The Morgan fingerprint density at radius 3 is 2.50 bits per heavy atom. The minimum absolute atomic E-state index is 0.232. The van der Waals surface area contributed by atoms with E-state index in [2.05, 4.69) is 26.8 Å². The van der Waals surface area contributed by atoms with Crippen LogP contribution >= 0.6 is 15.9 Å². The van der Waals surface area contributed by atoms with Crippen molar-refractivity contribution in [1.82, 2.24) is 10.9 Å². The van der Waals surface area contributed by atoms with Crippen molar-refractivity contribution in [2.24, 2.45) is 0 Å². The lowest BCUT2D eigenvalue weighted by Crippen LogP contribution is -2.40. The molecule has 0 radical (unpaired) electrons. The molecule has 1 aromatic carbocycles. The van der Waals surface area contributed by atoms with Crippen LogP contribution in [0.5, 0.6) is 5.75 Å². The lowest BCUT2D eigenvalue weighted by molar-refractivity contribution is -0.127. The van der Waals surface area contributed by atoms with Crippen molar-refractivity contribution in [3.8, 4) is 5.75 Å². The van der Waals surface area contributed by atoms with Crippen molar-refractivity contribution in [1.29, 1.82) is 0 Å². The summed E-state index contributed by atoms with van der Waals surface area (Å²) in [7, 11) is 0. The van der Waals surface area contributed by atoms with Crippen LogP contribution in [0, 0.1) is 0 Å². The number of amides is 2. The van der Waals surface area contributed by atoms with Crippen LogP contribution in [0.15, 0.2) is 28.7 Å². The number of benzene rings is 1. The van der Waals surface area contributed by atoms with Gasteiger partial charge in [0.2, 0.25) is 11.8 Å². The molecule has 0 aliphatic rings. The molecule has 1 aromatic rings. The van der Waals surface area contributed by atoms with Crippen LogP contribution in [-0.4, -0.2) is 18.4 Å². The van der Waals surface area contributed by atoms with Gasteiger partial charge in [0.15, 0.2) is 0 Å². The second kappa shape index (κ2) is 7.71. The Morgan fingerprint density at radius 2 is 1.89 bits per heavy atom. The van der Waals surface area contributed by atoms with Gasteiger partial charge in [-0.15, -0.1) is 0 Å². The summed E-state index contributed by atoms with van der Waals surface area (Å²) in [5.74, 6) is 0.236. The molecule has 2 N–H and O–H groups in total. The molecule has 2 amide bonds. The normalized spacial score (nSPS) is 9.67. The Hall–Kier alpha value is -1.56. The van der Waals surface area contributed by atoms with Crippen molar-refractivity contribution in [2.45, 2.75) is 19.8 Å². The van der Waals surface area contributed by atoms with Gasteiger partial charge < -0.3 is 4.74 Å². The number of nitrogens with one attached hydrogen (secondary N) is 2. The fraction of sp³-hybridized carbons (Fsp3) is 0.333. The average molecular weight is 315 g/mol. The monoisotopic (exact) mass is 314 g/mol. The van der Waals surface area contributed by atoms with Gasteiger partial charge in [-0.2, -0.15) is 0 Å². The number of ether oxygens (including phenoxy) is 1. The molecular formula is C12H15BrN2O3. The van der Waals surface area contributed by atoms with Gasteiger partial charge in [-0.3, -0.25) is 20.4 Å². The molecule has 0 aliphatic carbocycles. The van der Waals surface area contributed by atoms with Gasteiger partial charge in [-0.25, -0.2) is 0 Å². The number of hydrogen-bond acceptors (Lipinski definition) is 3. The Balaban J connectivity index is 2.13. The lowest BCUT2D eigenvalue weighted by atomic mass is 10.3. The third-order valence-corrected chi connectivity index (χ3v) is 2.54. The van der Waals surface area contributed by atoms with E-state index in [1.54, 1.807) is 0 Å². The van der Waals surface area contributed by atoms with E-state index in [0.717, 1.165) is 10.2 Å². The van der Waals surface area contributed by atoms with Gasteiger partial charge in [0.25, 0.3) is 0 Å². The Labute approximate surface area is 114 Å². The minimum Gasteiger partial charge on any atom is -0.494 e. The summed E-state index contributed by atoms with van der Waals surface area (Å²) in [6.07, 6.45) is 0.887. The van der Waals surface area contributed by atoms with Crippen molar-refractivity contribution in [3.05, 3.63) is 28.7 Å². The Bertz CT molecular complexity index is 406. The largest absolute Gasteiger partial charge is 0.494 e. The summed E-state index contributed by atoms with van der Waals surface area (Å²) in [6.45, 7) is 1.78. The molecule has 0 saturated heterocycles. The first-order valence-corrected chi connectivity index (χ1v) is 6.31. The third-order valence-electron chi connectivity index (χ3n) is 2.01. The second-order valence-corrected chi connectivity index (χ2v) is 4.55. The number of carbonyl (C=O) groups excluding carboxylic acids is 2. The quantitative estimate of drug-likeness (QED) is 0.643. The maximum absolute atomic E-state index is 11.2. The molecule has 5 nitrogen and oxygen atoms in total. The highest BCUT2D eigenvalue weighted by Gasteiger charge is 2.01. The van der Waals surface area contributed by atoms with Crippen molar-refractivity contribution < 1.29 is 14.3 Å². The number of hydrogen-bond donors (Lipinski definition) is 2. The highest BCUT2D eigenvalue weighted by atomic mass is 79.9. The molecule has 0 aliphatic heterocycles. The molecule has 0 bridgehead atoms. The maximum atomic E-state index is 11.2. The zero-order chi connectivity index (χ0) is 13.4. The molecule has 6 heteroatoms. The van der Waals surface area contributed by atoms with Crippen LogP contribution < -0.4 is 15.6 Å². The van der Waals surface area contributed by atoms with Crippen LogP contribution in [0.3, 0.4) is 0 Å². The number of halogens is 1. The van der Waals surface area contributed by atoms with Crippen LogP contribution in [0.4, 0.5) is 0 Å². The van der Waals surface area contributed by atoms with E-state index in [1.807, 2.05) is 24.3 Å². The van der Waals surface area contributed by atoms with Crippen LogP contribution in [0.25, 0.3) is 0 Å². The van der Waals surface area contributed by atoms with E-state index in [9.17, 15) is 9.59 Å². The number of rotatable bonds is 5. The molecule has 0 heterocycles. The number of hydrazine groups is 1. The SMILES string of the molecule is CC(=O)NNC(=O)CCCOc1ccc(Br)cc1. The van der Waals surface area contributed by atoms with Gasteiger partial charge in [-0.05, 0) is 30.7 Å². The summed E-state index contributed by atoms with van der Waals surface area (Å²) in [4.78, 5) is 21.8. The van der Waals surface area contributed by atoms with Gasteiger partial charge in [0.05, 0.1) is 6.61 Å². The zero-order valence-electron chi connectivity index (χ0n) is 10.0. The van der Waals surface area contributed by atoms with E-state index in [0.29, 0.717) is 19.4 Å². The third kappa shape index (κ3) is 6.24. The Morgan fingerprint density at radius 1 is 1.22 bits per heavy atom. The van der Waals surface area contributed by atoms with Crippen molar-refractivity contribution >= 4 is 27.7 Å². The first-order valence-electron chi connectivity index (χ1n) is 5.51. The topological polar surface area (TPSA) is 67.4 Å². The first-order chi connectivity index (χ1) is 8.58. The molecule has 0 aromatic heterocycles. The highest BCUT2D eigenvalue weighted by molar-refractivity contribution is 9.10. The number of carbonyl (C=O) groups is 2. The molecule has 1 rings (SSSR count). The summed E-state index contributed by atoms with van der Waals surface area (Å²) in [5.41, 5.74) is 4.51. The van der Waals surface area contributed by atoms with Crippen LogP contribution in [0.2, 0.25) is 0 Å². The lowest BCUT2D eigenvalue weighted by Gasteiger charge is -2.07. The molecule has 0 atom stereocenters. The van der Waals surface area contributed by atoms with E-state index in [-0.39, 0.29) is 11.8 Å². The van der Waals surface area contributed by atoms with Gasteiger partial charge in [0, 0.05) is 17.8 Å². The smallest absolute Gasteiger partial charge is 0.238 e. The summed E-state index contributed by atoms with van der Waals surface area (Å²) < 4.78 is 6.44. The predicted octanol–water partition coefficient (Wildman–Crippen LogP) is 1.78. The Kier molecular flexibility index (Phi) is 6.21. The van der Waals surface area contributed by atoms with Crippen molar-refractivity contribution in [3.63, 3.8) is 0 Å². The molecule has 0 unspecified atom stereocenters. The second-order valence-electron chi connectivity index (χ2n) is 3.64. The molecule has 0 saturated carbocycles. The molecular weight excluding hydrogens is 300 g/mol. The molecule has 0 fully saturated rings. The fourth-order valence-electron chi connectivity index (χ4n) is 1.17. The highest BCUT2D eigenvalue weighted by Crippen LogP contribution is 2.16. The van der Waals surface area contributed by atoms with Gasteiger partial charge in [-0.1, -0.05) is 15.9 Å². The molecule has 18 heavy (non-hydrogen) atoms. The van der Waals surface area contributed by atoms with E-state index >= 15 is 0 Å². The van der Waals surface area contributed by atoms with Crippen LogP contribution in [-0.2, 0) is 9.59 Å². The van der Waals surface area contributed by atoms with E-state index in [1.165, 1.54) is 6.92 Å². The predicted molar refractivity (Wildman–Crippen MR) is 70.8 cm³/mol. The summed E-state index contributed by atoms with van der Waals surface area (Å²) >= 11 is 3.33. The summed E-state index contributed by atoms with van der Waals surface area (Å²) in [6, 6.07) is 7.47.